The average Bonchev–Trinajstić information content (AvgIpc) is 3.06. The minimum Gasteiger partial charge on any atom is -0.497 e. The molecular formula is C22H33N5O2. The number of nitrogens with zero attached hydrogens (tertiary/aromatic N) is 4. The first-order valence-electron chi connectivity index (χ1n) is 10.6. The van der Waals surface area contributed by atoms with Crippen LogP contribution >= 0.6 is 0 Å². The molecule has 1 aliphatic heterocycles. The Kier molecular flexibility index (Phi) is 7.25. The monoisotopic (exact) mass is 399 g/mol. The predicted molar refractivity (Wildman–Crippen MR) is 113 cm³/mol. The van der Waals surface area contributed by atoms with Crippen LogP contribution in [0.3, 0.4) is 0 Å². The quantitative estimate of drug-likeness (QED) is 0.739. The van der Waals surface area contributed by atoms with E-state index in [1.165, 1.54) is 12.8 Å². The van der Waals surface area contributed by atoms with Crippen LogP contribution in [0.2, 0.25) is 0 Å². The van der Waals surface area contributed by atoms with Crippen LogP contribution in [-0.2, 0) is 13.0 Å². The van der Waals surface area contributed by atoms with Gasteiger partial charge < -0.3 is 19.5 Å². The molecule has 1 N–H and O–H groups in total. The third kappa shape index (κ3) is 5.15. The number of hydrogen-bond acceptors (Lipinski definition) is 5. The number of methoxy groups -OCH3 is 1. The Balaban J connectivity index is 1.66. The summed E-state index contributed by atoms with van der Waals surface area (Å²) in [6.07, 6.45) is 3.33. The number of fused-ring (bicyclic) bond motifs is 1. The van der Waals surface area contributed by atoms with E-state index in [-0.39, 0.29) is 11.9 Å². The highest BCUT2D eigenvalue weighted by Gasteiger charge is 2.23. The van der Waals surface area contributed by atoms with E-state index in [4.69, 9.17) is 4.74 Å². The first-order chi connectivity index (χ1) is 14.0. The maximum Gasteiger partial charge on any atom is 0.251 e. The fraction of sp³-hybridized carbons (Fsp3) is 0.591. The van der Waals surface area contributed by atoms with Crippen molar-refractivity contribution >= 4 is 5.91 Å². The number of nitrogens with one attached hydrogen (secondary N) is 1. The lowest BCUT2D eigenvalue weighted by atomic mass is 10.0. The molecule has 0 saturated heterocycles. The van der Waals surface area contributed by atoms with Crippen molar-refractivity contribution < 1.29 is 9.53 Å². The second-order valence-corrected chi connectivity index (χ2v) is 7.79. The molecule has 7 heteroatoms. The SMILES string of the molecule is CCC(CC)CN1CCc2nnc(C(C)NC(=O)c3cccc(OC)c3)n2CC1. The molecule has 0 saturated carbocycles. The van der Waals surface area contributed by atoms with Gasteiger partial charge in [0.05, 0.1) is 13.2 Å². The summed E-state index contributed by atoms with van der Waals surface area (Å²) in [5, 5.41) is 11.9. The average molecular weight is 400 g/mol. The first kappa shape index (κ1) is 21.3. The molecule has 0 radical (unpaired) electrons. The van der Waals surface area contributed by atoms with Gasteiger partial charge in [0.25, 0.3) is 5.91 Å². The number of carbonyl (C=O) groups is 1. The van der Waals surface area contributed by atoms with E-state index in [1.54, 1.807) is 19.2 Å². The summed E-state index contributed by atoms with van der Waals surface area (Å²) in [6.45, 7) is 10.5. The molecule has 1 aliphatic rings. The second kappa shape index (κ2) is 9.87. The number of carbonyl (C=O) groups excluding carboxylic acids is 1. The summed E-state index contributed by atoms with van der Waals surface area (Å²) >= 11 is 0. The van der Waals surface area contributed by atoms with Gasteiger partial charge in [-0.15, -0.1) is 10.2 Å². The summed E-state index contributed by atoms with van der Waals surface area (Å²) in [7, 11) is 1.59. The van der Waals surface area contributed by atoms with Crippen LogP contribution < -0.4 is 10.1 Å². The standard InChI is InChI=1S/C22H33N5O2/c1-5-17(6-2)15-26-11-10-20-24-25-21(27(20)13-12-26)16(3)23-22(28)18-8-7-9-19(14-18)29-4/h7-9,14,16-17H,5-6,10-13,15H2,1-4H3,(H,23,28). The molecule has 0 spiro atoms. The third-order valence-corrected chi connectivity index (χ3v) is 5.89. The molecule has 1 atom stereocenters. The van der Waals surface area contributed by atoms with Gasteiger partial charge in [-0.2, -0.15) is 0 Å². The highest BCUT2D eigenvalue weighted by atomic mass is 16.5. The lowest BCUT2D eigenvalue weighted by molar-refractivity contribution is 0.0937. The van der Waals surface area contributed by atoms with Crippen LogP contribution in [0.5, 0.6) is 5.75 Å². The van der Waals surface area contributed by atoms with Crippen LogP contribution in [0.25, 0.3) is 0 Å². The van der Waals surface area contributed by atoms with Crippen molar-refractivity contribution in [1.82, 2.24) is 25.0 Å². The Morgan fingerprint density at radius 3 is 2.72 bits per heavy atom. The Bertz CT molecular complexity index is 815. The van der Waals surface area contributed by atoms with Crippen molar-refractivity contribution in [2.45, 2.75) is 52.6 Å². The molecule has 2 heterocycles. The molecule has 1 unspecified atom stereocenters. The third-order valence-electron chi connectivity index (χ3n) is 5.89. The summed E-state index contributed by atoms with van der Waals surface area (Å²) in [5.74, 6) is 3.10. The van der Waals surface area contributed by atoms with Crippen molar-refractivity contribution in [3.63, 3.8) is 0 Å². The lowest BCUT2D eigenvalue weighted by Crippen LogP contribution is -2.32. The maximum absolute atomic E-state index is 12.7. The highest BCUT2D eigenvalue weighted by Crippen LogP contribution is 2.19. The van der Waals surface area contributed by atoms with E-state index in [9.17, 15) is 4.79 Å². The van der Waals surface area contributed by atoms with Crippen LogP contribution in [0.15, 0.2) is 24.3 Å². The molecular weight excluding hydrogens is 366 g/mol. The number of rotatable bonds is 8. The number of aromatic nitrogens is 3. The van der Waals surface area contributed by atoms with Crippen molar-refractivity contribution in [2.24, 2.45) is 5.92 Å². The normalized spacial score (nSPS) is 15.6. The number of benzene rings is 1. The molecule has 0 fully saturated rings. The van der Waals surface area contributed by atoms with Gasteiger partial charge in [0.1, 0.15) is 11.6 Å². The Morgan fingerprint density at radius 1 is 1.21 bits per heavy atom. The van der Waals surface area contributed by atoms with E-state index in [0.717, 1.165) is 50.2 Å². The summed E-state index contributed by atoms with van der Waals surface area (Å²) in [5.41, 5.74) is 0.572. The number of amides is 1. The minimum absolute atomic E-state index is 0.141. The van der Waals surface area contributed by atoms with Gasteiger partial charge in [0.2, 0.25) is 0 Å². The summed E-state index contributed by atoms with van der Waals surface area (Å²) < 4.78 is 7.40. The topological polar surface area (TPSA) is 72.3 Å². The Morgan fingerprint density at radius 2 is 2.00 bits per heavy atom. The van der Waals surface area contributed by atoms with Gasteiger partial charge in [-0.25, -0.2) is 0 Å². The predicted octanol–water partition coefficient (Wildman–Crippen LogP) is 3.07. The molecule has 158 valence electrons. The molecule has 29 heavy (non-hydrogen) atoms. The van der Waals surface area contributed by atoms with Gasteiger partial charge in [-0.3, -0.25) is 4.79 Å². The van der Waals surface area contributed by atoms with Gasteiger partial charge in [-0.1, -0.05) is 32.8 Å². The minimum atomic E-state index is -0.222. The molecule has 2 aromatic rings. The zero-order valence-corrected chi connectivity index (χ0v) is 18.0. The number of hydrogen-bond donors (Lipinski definition) is 1. The lowest BCUT2D eigenvalue weighted by Gasteiger charge is -2.24. The van der Waals surface area contributed by atoms with Crippen molar-refractivity contribution in [2.75, 3.05) is 26.7 Å². The fourth-order valence-electron chi connectivity index (χ4n) is 3.91. The summed E-state index contributed by atoms with van der Waals surface area (Å²) in [4.78, 5) is 15.2. The largest absolute Gasteiger partial charge is 0.497 e. The summed E-state index contributed by atoms with van der Waals surface area (Å²) in [6, 6.07) is 6.94. The second-order valence-electron chi connectivity index (χ2n) is 7.79. The van der Waals surface area contributed by atoms with E-state index < -0.39 is 0 Å². The molecule has 1 aromatic carbocycles. The van der Waals surface area contributed by atoms with E-state index in [2.05, 4.69) is 38.8 Å². The molecule has 7 nitrogen and oxygen atoms in total. The van der Waals surface area contributed by atoms with Crippen molar-refractivity contribution in [3.05, 3.63) is 41.5 Å². The van der Waals surface area contributed by atoms with E-state index >= 15 is 0 Å². The van der Waals surface area contributed by atoms with E-state index in [1.807, 2.05) is 19.1 Å². The van der Waals surface area contributed by atoms with Gasteiger partial charge in [0, 0.05) is 38.2 Å². The van der Waals surface area contributed by atoms with Gasteiger partial charge in [0.15, 0.2) is 5.82 Å². The van der Waals surface area contributed by atoms with Crippen LogP contribution in [0.4, 0.5) is 0 Å². The van der Waals surface area contributed by atoms with Gasteiger partial charge in [-0.05, 0) is 31.0 Å². The van der Waals surface area contributed by atoms with Crippen molar-refractivity contribution in [3.8, 4) is 5.75 Å². The smallest absolute Gasteiger partial charge is 0.251 e. The fourth-order valence-corrected chi connectivity index (χ4v) is 3.91. The zero-order chi connectivity index (χ0) is 20.8. The highest BCUT2D eigenvalue weighted by molar-refractivity contribution is 5.94. The molecule has 0 bridgehead atoms. The molecule has 0 aliphatic carbocycles. The Hall–Kier alpha value is -2.41. The molecule has 1 aromatic heterocycles. The molecule has 1 amide bonds. The molecule has 3 rings (SSSR count). The maximum atomic E-state index is 12.7. The van der Waals surface area contributed by atoms with Crippen LogP contribution in [-0.4, -0.2) is 52.3 Å². The van der Waals surface area contributed by atoms with E-state index in [0.29, 0.717) is 11.3 Å². The Labute approximate surface area is 173 Å². The number of ether oxygens (including phenoxy) is 1. The van der Waals surface area contributed by atoms with Crippen LogP contribution in [0, 0.1) is 5.92 Å². The van der Waals surface area contributed by atoms with Gasteiger partial charge >= 0.3 is 0 Å². The first-order valence-corrected chi connectivity index (χ1v) is 10.6. The van der Waals surface area contributed by atoms with Crippen LogP contribution in [0.1, 0.15) is 61.7 Å². The van der Waals surface area contributed by atoms with Crippen molar-refractivity contribution in [1.29, 1.82) is 0 Å². The zero-order valence-electron chi connectivity index (χ0n) is 18.0.